The van der Waals surface area contributed by atoms with Gasteiger partial charge in [0.05, 0.1) is 6.54 Å². The van der Waals surface area contributed by atoms with Crippen LogP contribution in [0.15, 0.2) is 4.99 Å². The van der Waals surface area contributed by atoms with Gasteiger partial charge in [0.25, 0.3) is 5.91 Å². The van der Waals surface area contributed by atoms with Crippen LogP contribution in [-0.4, -0.2) is 63.4 Å². The Labute approximate surface area is 144 Å². The molecule has 1 fully saturated rings. The van der Waals surface area contributed by atoms with Gasteiger partial charge in [-0.1, -0.05) is 4.99 Å². The van der Waals surface area contributed by atoms with E-state index >= 15 is 0 Å². The fourth-order valence-electron chi connectivity index (χ4n) is 3.30. The van der Waals surface area contributed by atoms with E-state index in [-0.39, 0.29) is 6.61 Å². The summed E-state index contributed by atoms with van der Waals surface area (Å²) in [5.41, 5.74) is 6.94. The van der Waals surface area contributed by atoms with E-state index < -0.39 is 30.4 Å². The van der Waals surface area contributed by atoms with E-state index in [1.54, 1.807) is 4.57 Å². The van der Waals surface area contributed by atoms with Crippen LogP contribution in [-0.2, 0) is 16.1 Å². The zero-order chi connectivity index (χ0) is 18.5. The predicted octanol–water partition coefficient (Wildman–Crippen LogP) is -1.26. The standard InChI is InChI=1S/C15H20N6O4/c1-8-9(2)21-11-12(17-14(21)19(8)5-4-6-22)18(3)15(25)20(13(11)24)7-10(16)23/h11,22H,4-7H2,1-3H3,(H-,16,23)/p+1. The van der Waals surface area contributed by atoms with Gasteiger partial charge >= 0.3 is 12.0 Å². The minimum atomic E-state index is -0.800. The van der Waals surface area contributed by atoms with Crippen molar-refractivity contribution in [2.45, 2.75) is 32.9 Å². The third-order valence-corrected chi connectivity index (χ3v) is 4.68. The molecule has 0 spiro atoms. The summed E-state index contributed by atoms with van der Waals surface area (Å²) in [6.45, 7) is 3.90. The third kappa shape index (κ3) is 2.40. The van der Waals surface area contributed by atoms with Crippen molar-refractivity contribution < 1.29 is 24.1 Å². The molecule has 0 saturated carbocycles. The summed E-state index contributed by atoms with van der Waals surface area (Å²) >= 11 is 0. The molecular formula is C15H21N6O4+. The van der Waals surface area contributed by atoms with Crippen molar-refractivity contribution in [3.8, 4) is 0 Å². The second kappa shape index (κ2) is 5.96. The molecule has 0 radical (unpaired) electrons. The number of primary amides is 1. The molecule has 3 heterocycles. The van der Waals surface area contributed by atoms with Crippen molar-refractivity contribution in [3.05, 3.63) is 11.4 Å². The van der Waals surface area contributed by atoms with Gasteiger partial charge in [-0.05, 0) is 13.8 Å². The highest BCUT2D eigenvalue weighted by atomic mass is 16.3. The first-order valence-corrected chi connectivity index (χ1v) is 7.97. The SMILES string of the molecule is Cc1c(C)[n+](CCCO)c2n1C1C(=O)N(CC(N)=O)C(=O)N(C)C1=N2. The lowest BCUT2D eigenvalue weighted by Crippen LogP contribution is -2.59. The van der Waals surface area contributed by atoms with E-state index in [1.165, 1.54) is 11.9 Å². The van der Waals surface area contributed by atoms with Crippen molar-refractivity contribution in [2.75, 3.05) is 20.2 Å². The summed E-state index contributed by atoms with van der Waals surface area (Å²) in [5.74, 6) is -0.400. The number of rotatable bonds is 5. The van der Waals surface area contributed by atoms with Crippen LogP contribution in [0.3, 0.4) is 0 Å². The number of aliphatic imine (C=N–C) groups is 1. The predicted molar refractivity (Wildman–Crippen MR) is 86.0 cm³/mol. The summed E-state index contributed by atoms with van der Waals surface area (Å²) < 4.78 is 3.68. The summed E-state index contributed by atoms with van der Waals surface area (Å²) in [5, 5.41) is 9.10. The maximum absolute atomic E-state index is 12.9. The molecule has 2 aliphatic heterocycles. The number of aliphatic hydroxyl groups is 1. The van der Waals surface area contributed by atoms with Crippen LogP contribution in [0.4, 0.5) is 10.7 Å². The average Bonchev–Trinajstić information content (AvgIpc) is 3.05. The monoisotopic (exact) mass is 349 g/mol. The van der Waals surface area contributed by atoms with Gasteiger partial charge in [0.1, 0.15) is 17.9 Å². The number of aliphatic hydroxyl groups excluding tert-OH is 1. The summed E-state index contributed by atoms with van der Waals surface area (Å²) in [7, 11) is 1.52. The van der Waals surface area contributed by atoms with Gasteiger partial charge in [0.15, 0.2) is 0 Å². The van der Waals surface area contributed by atoms with Gasteiger partial charge in [-0.2, -0.15) is 0 Å². The number of imide groups is 1. The zero-order valence-corrected chi connectivity index (χ0v) is 14.4. The highest BCUT2D eigenvalue weighted by Crippen LogP contribution is 2.35. The number of hydrogen-bond donors (Lipinski definition) is 2. The smallest absolute Gasteiger partial charge is 0.396 e. The van der Waals surface area contributed by atoms with E-state index in [4.69, 9.17) is 10.8 Å². The van der Waals surface area contributed by atoms with Gasteiger partial charge in [-0.15, -0.1) is 0 Å². The fraction of sp³-hybridized carbons (Fsp3) is 0.533. The van der Waals surface area contributed by atoms with Gasteiger partial charge < -0.3 is 10.8 Å². The fourth-order valence-corrected chi connectivity index (χ4v) is 3.30. The quantitative estimate of drug-likeness (QED) is 0.644. The van der Waals surface area contributed by atoms with Crippen molar-refractivity contribution in [1.82, 2.24) is 14.4 Å². The van der Waals surface area contributed by atoms with Crippen LogP contribution in [0.5, 0.6) is 0 Å². The Balaban J connectivity index is 2.10. The summed E-state index contributed by atoms with van der Waals surface area (Å²) in [6, 6.07) is -1.42. The Hall–Kier alpha value is -2.75. The average molecular weight is 349 g/mol. The molecule has 1 aromatic heterocycles. The van der Waals surface area contributed by atoms with E-state index in [0.717, 1.165) is 16.3 Å². The number of aromatic nitrogens is 2. The first kappa shape index (κ1) is 17.1. The second-order valence-electron chi connectivity index (χ2n) is 6.17. The number of imidazole rings is 1. The number of urea groups is 1. The Kier molecular flexibility index (Phi) is 4.07. The molecular weight excluding hydrogens is 328 g/mol. The number of nitrogens with two attached hydrogens (primary N) is 1. The van der Waals surface area contributed by atoms with Gasteiger partial charge in [-0.3, -0.25) is 19.4 Å². The molecule has 134 valence electrons. The number of carbonyl (C=O) groups excluding carboxylic acids is 3. The van der Waals surface area contributed by atoms with Crippen LogP contribution in [0.1, 0.15) is 23.9 Å². The van der Waals surface area contributed by atoms with Crippen LogP contribution < -0.4 is 10.3 Å². The van der Waals surface area contributed by atoms with Gasteiger partial charge in [-0.25, -0.2) is 13.9 Å². The Morgan fingerprint density at radius 1 is 1.36 bits per heavy atom. The molecule has 1 atom stereocenters. The maximum Gasteiger partial charge on any atom is 0.402 e. The number of fused-ring (bicyclic) bond motifs is 3. The molecule has 4 amide bonds. The molecule has 3 N–H and O–H groups in total. The zero-order valence-electron chi connectivity index (χ0n) is 14.4. The molecule has 1 saturated heterocycles. The lowest BCUT2D eigenvalue weighted by atomic mass is 10.1. The molecule has 1 aromatic rings. The minimum absolute atomic E-state index is 0.0415. The van der Waals surface area contributed by atoms with E-state index in [1.807, 2.05) is 18.4 Å². The van der Waals surface area contributed by atoms with Crippen molar-refractivity contribution in [2.24, 2.45) is 10.7 Å². The first-order valence-electron chi connectivity index (χ1n) is 7.97. The Bertz CT molecular complexity index is 811. The van der Waals surface area contributed by atoms with Gasteiger partial charge in [0, 0.05) is 20.1 Å². The lowest BCUT2D eigenvalue weighted by Gasteiger charge is -2.32. The molecule has 25 heavy (non-hydrogen) atoms. The third-order valence-electron chi connectivity index (χ3n) is 4.68. The number of nitrogens with zero attached hydrogens (tertiary/aromatic N) is 5. The lowest BCUT2D eigenvalue weighted by molar-refractivity contribution is -0.689. The first-order chi connectivity index (χ1) is 11.8. The highest BCUT2D eigenvalue weighted by molar-refractivity contribution is 6.21. The largest absolute Gasteiger partial charge is 0.402 e. The number of amides is 4. The summed E-state index contributed by atoms with van der Waals surface area (Å²) in [6.07, 6.45) is 0.550. The van der Waals surface area contributed by atoms with Crippen molar-refractivity contribution in [3.63, 3.8) is 0 Å². The molecule has 2 aliphatic rings. The van der Waals surface area contributed by atoms with Crippen molar-refractivity contribution in [1.29, 1.82) is 0 Å². The van der Waals surface area contributed by atoms with E-state index in [0.29, 0.717) is 24.7 Å². The molecule has 10 nitrogen and oxygen atoms in total. The normalized spacial score (nSPS) is 19.2. The topological polar surface area (TPSA) is 125 Å². The molecule has 10 heteroatoms. The Morgan fingerprint density at radius 2 is 2.04 bits per heavy atom. The molecule has 1 unspecified atom stereocenters. The Morgan fingerprint density at radius 3 is 2.64 bits per heavy atom. The van der Waals surface area contributed by atoms with Crippen LogP contribution in [0, 0.1) is 13.8 Å². The van der Waals surface area contributed by atoms with Crippen molar-refractivity contribution >= 4 is 29.6 Å². The molecule has 0 aliphatic carbocycles. The van der Waals surface area contributed by atoms with E-state index in [9.17, 15) is 14.4 Å². The molecule has 0 bridgehead atoms. The summed E-state index contributed by atoms with van der Waals surface area (Å²) in [4.78, 5) is 43.1. The van der Waals surface area contributed by atoms with E-state index in [2.05, 4.69) is 4.99 Å². The van der Waals surface area contributed by atoms with Crippen LogP contribution >= 0.6 is 0 Å². The number of amidine groups is 1. The highest BCUT2D eigenvalue weighted by Gasteiger charge is 2.54. The number of carbonyl (C=O) groups is 3. The van der Waals surface area contributed by atoms with Crippen LogP contribution in [0.2, 0.25) is 0 Å². The number of likely N-dealkylation sites (N-methyl/N-ethyl adjacent to an activating group) is 1. The minimum Gasteiger partial charge on any atom is -0.396 e. The molecule has 0 aromatic carbocycles. The van der Waals surface area contributed by atoms with Gasteiger partial charge in [0.2, 0.25) is 17.8 Å². The van der Waals surface area contributed by atoms with Crippen LogP contribution in [0.25, 0.3) is 0 Å². The maximum atomic E-state index is 12.9. The molecule has 3 rings (SSSR count). The number of hydrogen-bond acceptors (Lipinski definition) is 5. The second-order valence-corrected chi connectivity index (χ2v) is 6.17.